The van der Waals surface area contributed by atoms with Gasteiger partial charge in [0.2, 0.25) is 11.8 Å². The molecule has 156 valence electrons. The molecule has 4 rings (SSSR count). The van der Waals surface area contributed by atoms with Gasteiger partial charge in [0.1, 0.15) is 18.4 Å². The van der Waals surface area contributed by atoms with Crippen molar-refractivity contribution in [2.45, 2.75) is 19.1 Å². The summed E-state index contributed by atoms with van der Waals surface area (Å²) in [6.45, 7) is 0.450. The van der Waals surface area contributed by atoms with Gasteiger partial charge in [-0.2, -0.15) is 0 Å². The Kier molecular flexibility index (Phi) is 5.93. The highest BCUT2D eigenvalue weighted by molar-refractivity contribution is 6.11. The number of rotatable bonds is 6. The van der Waals surface area contributed by atoms with E-state index in [0.717, 1.165) is 5.56 Å². The summed E-state index contributed by atoms with van der Waals surface area (Å²) in [5, 5.41) is 8.04. The van der Waals surface area contributed by atoms with Gasteiger partial charge in [0, 0.05) is 5.69 Å². The minimum absolute atomic E-state index is 0.183. The number of amides is 3. The SMILES string of the molecule is O=C(C[C@H]1NC(=O)c2ccccc2NC1=O)Nc1ccc(OCc2ccccc2)cc1. The summed E-state index contributed by atoms with van der Waals surface area (Å²) in [6, 6.07) is 22.5. The smallest absolute Gasteiger partial charge is 0.254 e. The molecule has 0 spiro atoms. The Labute approximate surface area is 179 Å². The van der Waals surface area contributed by atoms with Crippen LogP contribution in [0.3, 0.4) is 0 Å². The molecule has 7 nitrogen and oxygen atoms in total. The summed E-state index contributed by atoms with van der Waals surface area (Å²) in [6.07, 6.45) is -0.183. The molecule has 0 saturated heterocycles. The van der Waals surface area contributed by atoms with E-state index < -0.39 is 17.9 Å². The van der Waals surface area contributed by atoms with Crippen molar-refractivity contribution in [3.05, 3.63) is 90.0 Å². The lowest BCUT2D eigenvalue weighted by molar-refractivity contribution is -0.122. The Hall–Kier alpha value is -4.13. The standard InChI is InChI=1S/C24H21N3O4/c28-22(14-21-24(30)26-20-9-5-4-8-19(20)23(29)27-21)25-17-10-12-18(13-11-17)31-15-16-6-2-1-3-7-16/h1-13,21H,14-15H2,(H,25,28)(H,26,30)(H,27,29)/t21-/m1/s1. The van der Waals surface area contributed by atoms with Crippen molar-refractivity contribution in [1.29, 1.82) is 0 Å². The quantitative estimate of drug-likeness (QED) is 0.575. The van der Waals surface area contributed by atoms with E-state index in [1.54, 1.807) is 48.5 Å². The minimum Gasteiger partial charge on any atom is -0.489 e. The molecule has 0 radical (unpaired) electrons. The molecule has 0 aromatic heterocycles. The number of carbonyl (C=O) groups excluding carboxylic acids is 3. The van der Waals surface area contributed by atoms with Crippen molar-refractivity contribution in [2.24, 2.45) is 0 Å². The predicted octanol–water partition coefficient (Wildman–Crippen LogP) is 3.34. The second-order valence-electron chi connectivity index (χ2n) is 7.11. The summed E-state index contributed by atoms with van der Waals surface area (Å²) in [5.74, 6) is -0.538. The van der Waals surface area contributed by atoms with Crippen LogP contribution in [-0.2, 0) is 16.2 Å². The van der Waals surface area contributed by atoms with E-state index in [-0.39, 0.29) is 12.3 Å². The Bertz CT molecular complexity index is 1100. The zero-order valence-corrected chi connectivity index (χ0v) is 16.6. The number of nitrogens with one attached hydrogen (secondary N) is 3. The predicted molar refractivity (Wildman–Crippen MR) is 117 cm³/mol. The number of fused-ring (bicyclic) bond motifs is 1. The number of hydrogen-bond acceptors (Lipinski definition) is 4. The van der Waals surface area contributed by atoms with Crippen molar-refractivity contribution < 1.29 is 19.1 Å². The van der Waals surface area contributed by atoms with Crippen molar-refractivity contribution in [3.63, 3.8) is 0 Å². The van der Waals surface area contributed by atoms with Gasteiger partial charge >= 0.3 is 0 Å². The fraction of sp³-hybridized carbons (Fsp3) is 0.125. The van der Waals surface area contributed by atoms with Crippen molar-refractivity contribution >= 4 is 29.1 Å². The van der Waals surface area contributed by atoms with Gasteiger partial charge in [0.05, 0.1) is 17.7 Å². The summed E-state index contributed by atoms with van der Waals surface area (Å²) in [7, 11) is 0. The molecule has 0 unspecified atom stereocenters. The molecule has 0 saturated carbocycles. The Morgan fingerprint density at radius 1 is 0.903 bits per heavy atom. The molecule has 1 aliphatic heterocycles. The van der Waals surface area contributed by atoms with Gasteiger partial charge in [-0.1, -0.05) is 42.5 Å². The van der Waals surface area contributed by atoms with Crippen LogP contribution in [0.4, 0.5) is 11.4 Å². The van der Waals surface area contributed by atoms with Gasteiger partial charge in [-0.25, -0.2) is 0 Å². The third-order valence-electron chi connectivity index (χ3n) is 4.83. The van der Waals surface area contributed by atoms with E-state index in [1.165, 1.54) is 0 Å². The zero-order chi connectivity index (χ0) is 21.6. The molecule has 31 heavy (non-hydrogen) atoms. The van der Waals surface area contributed by atoms with Crippen LogP contribution >= 0.6 is 0 Å². The van der Waals surface area contributed by atoms with E-state index in [9.17, 15) is 14.4 Å². The first-order valence-corrected chi connectivity index (χ1v) is 9.86. The number of hydrogen-bond donors (Lipinski definition) is 3. The van der Waals surface area contributed by atoms with Crippen LogP contribution < -0.4 is 20.7 Å². The molecule has 1 heterocycles. The molecule has 3 amide bonds. The largest absolute Gasteiger partial charge is 0.489 e. The van der Waals surface area contributed by atoms with E-state index in [2.05, 4.69) is 16.0 Å². The van der Waals surface area contributed by atoms with Crippen LogP contribution in [0.15, 0.2) is 78.9 Å². The number of carbonyl (C=O) groups is 3. The van der Waals surface area contributed by atoms with Crippen LogP contribution in [0.1, 0.15) is 22.3 Å². The molecule has 3 aromatic rings. The van der Waals surface area contributed by atoms with Crippen molar-refractivity contribution in [2.75, 3.05) is 10.6 Å². The molecule has 1 atom stereocenters. The monoisotopic (exact) mass is 415 g/mol. The summed E-state index contributed by atoms with van der Waals surface area (Å²) < 4.78 is 5.73. The maximum atomic E-state index is 12.4. The Morgan fingerprint density at radius 3 is 2.39 bits per heavy atom. The Balaban J connectivity index is 1.32. The second-order valence-corrected chi connectivity index (χ2v) is 7.11. The molecule has 3 N–H and O–H groups in total. The van der Waals surface area contributed by atoms with Crippen LogP contribution in [0.2, 0.25) is 0 Å². The number of benzene rings is 3. The van der Waals surface area contributed by atoms with Crippen LogP contribution in [0, 0.1) is 0 Å². The highest BCUT2D eigenvalue weighted by atomic mass is 16.5. The van der Waals surface area contributed by atoms with Crippen molar-refractivity contribution in [1.82, 2.24) is 5.32 Å². The highest BCUT2D eigenvalue weighted by Gasteiger charge is 2.29. The lowest BCUT2D eigenvalue weighted by Gasteiger charge is -2.14. The maximum absolute atomic E-state index is 12.4. The molecule has 3 aromatic carbocycles. The topological polar surface area (TPSA) is 96.5 Å². The molecule has 0 aliphatic carbocycles. The normalized spacial score (nSPS) is 15.2. The fourth-order valence-electron chi connectivity index (χ4n) is 3.23. The third kappa shape index (κ3) is 5.08. The van der Waals surface area contributed by atoms with E-state index in [4.69, 9.17) is 4.74 Å². The second kappa shape index (κ2) is 9.13. The van der Waals surface area contributed by atoms with Crippen LogP contribution in [0.5, 0.6) is 5.75 Å². The van der Waals surface area contributed by atoms with Crippen molar-refractivity contribution in [3.8, 4) is 5.75 Å². The highest BCUT2D eigenvalue weighted by Crippen LogP contribution is 2.20. The van der Waals surface area contributed by atoms with Gasteiger partial charge in [0.15, 0.2) is 0 Å². The number of para-hydroxylation sites is 1. The number of ether oxygens (including phenoxy) is 1. The van der Waals surface area contributed by atoms with Gasteiger partial charge in [-0.3, -0.25) is 14.4 Å². The zero-order valence-electron chi connectivity index (χ0n) is 16.6. The fourth-order valence-corrected chi connectivity index (χ4v) is 3.23. The first-order valence-electron chi connectivity index (χ1n) is 9.86. The van der Waals surface area contributed by atoms with Gasteiger partial charge in [-0.15, -0.1) is 0 Å². The lowest BCUT2D eigenvalue weighted by Crippen LogP contribution is -2.43. The summed E-state index contributed by atoms with van der Waals surface area (Å²) in [4.78, 5) is 37.2. The first-order chi connectivity index (χ1) is 15.1. The summed E-state index contributed by atoms with van der Waals surface area (Å²) in [5.41, 5.74) is 2.43. The average molecular weight is 415 g/mol. The maximum Gasteiger partial charge on any atom is 0.254 e. The van der Waals surface area contributed by atoms with Crippen LogP contribution in [-0.4, -0.2) is 23.8 Å². The van der Waals surface area contributed by atoms with E-state index in [0.29, 0.717) is 29.3 Å². The van der Waals surface area contributed by atoms with Gasteiger partial charge in [0.25, 0.3) is 5.91 Å². The molecular formula is C24H21N3O4. The molecule has 7 heteroatoms. The van der Waals surface area contributed by atoms with Gasteiger partial charge < -0.3 is 20.7 Å². The average Bonchev–Trinajstić information content (AvgIpc) is 2.90. The first kappa shape index (κ1) is 20.2. The molecule has 1 aliphatic rings. The molecular weight excluding hydrogens is 394 g/mol. The summed E-state index contributed by atoms with van der Waals surface area (Å²) >= 11 is 0. The van der Waals surface area contributed by atoms with E-state index >= 15 is 0 Å². The molecule has 0 bridgehead atoms. The number of anilines is 2. The molecule has 0 fully saturated rings. The van der Waals surface area contributed by atoms with E-state index in [1.807, 2.05) is 30.3 Å². The minimum atomic E-state index is -0.964. The van der Waals surface area contributed by atoms with Gasteiger partial charge in [-0.05, 0) is 42.0 Å². The Morgan fingerprint density at radius 2 is 1.61 bits per heavy atom. The lowest BCUT2D eigenvalue weighted by atomic mass is 10.1. The third-order valence-corrected chi connectivity index (χ3v) is 4.83. The van der Waals surface area contributed by atoms with Crippen LogP contribution in [0.25, 0.3) is 0 Å².